The first kappa shape index (κ1) is 41.9. The molecule has 294 valence electrons. The number of hydrazine groups is 1. The Morgan fingerprint density at radius 3 is 1.93 bits per heavy atom. The van der Waals surface area contributed by atoms with Gasteiger partial charge in [0.05, 0.1) is 6.04 Å². The van der Waals surface area contributed by atoms with E-state index in [9.17, 15) is 28.8 Å². The normalized spacial score (nSPS) is 19.8. The monoisotopic (exact) mass is 746 g/mol. The Labute approximate surface area is 318 Å². The first-order valence-electron chi connectivity index (χ1n) is 19.1. The van der Waals surface area contributed by atoms with E-state index in [4.69, 9.17) is 11.6 Å². The third kappa shape index (κ3) is 10.0. The molecule has 0 bridgehead atoms. The minimum atomic E-state index is -0.991. The fourth-order valence-electron chi connectivity index (χ4n) is 7.39. The molecule has 0 aliphatic carbocycles. The average Bonchev–Trinajstić information content (AvgIpc) is 3.70. The smallest absolute Gasteiger partial charge is 0.256 e. The molecule has 2 aliphatic heterocycles. The lowest BCUT2D eigenvalue weighted by atomic mass is 9.93. The zero-order valence-corrected chi connectivity index (χ0v) is 32.3. The average molecular weight is 747 g/mol. The van der Waals surface area contributed by atoms with Crippen LogP contribution in [0.5, 0.6) is 0 Å². The second-order valence-electron chi connectivity index (χ2n) is 14.7. The summed E-state index contributed by atoms with van der Waals surface area (Å²) in [5.74, 6) is 2.66. The lowest BCUT2D eigenvalue weighted by Crippen LogP contribution is -2.62. The van der Waals surface area contributed by atoms with Crippen molar-refractivity contribution < 1.29 is 28.8 Å². The second-order valence-corrected chi connectivity index (χ2v) is 14.7. The molecule has 2 fully saturated rings. The van der Waals surface area contributed by atoms with Crippen LogP contribution < -0.4 is 22.3 Å². The molecule has 0 aromatic heterocycles. The van der Waals surface area contributed by atoms with E-state index in [1.54, 1.807) is 11.8 Å². The number of nitrogens with one attached hydrogen (secondary N) is 2. The van der Waals surface area contributed by atoms with Crippen molar-refractivity contribution in [2.24, 2.45) is 17.5 Å². The quantitative estimate of drug-likeness (QED) is 0.119. The molecule has 54 heavy (non-hydrogen) atoms. The number of carbonyl (C=O) groups excluding carboxylic acids is 6. The Morgan fingerprint density at radius 1 is 0.778 bits per heavy atom. The Hall–Kier alpha value is -4.82. The topological polar surface area (TPSA) is 191 Å². The first-order valence-corrected chi connectivity index (χ1v) is 19.1. The number of likely N-dealkylation sites (tertiary alicyclic amines) is 2. The zero-order valence-electron chi connectivity index (χ0n) is 32.3. The molecule has 4 rings (SSSR count). The van der Waals surface area contributed by atoms with Crippen molar-refractivity contribution in [1.29, 1.82) is 0 Å². The van der Waals surface area contributed by atoms with Gasteiger partial charge in [-0.05, 0) is 62.5 Å². The third-order valence-electron chi connectivity index (χ3n) is 11.1. The van der Waals surface area contributed by atoms with Crippen LogP contribution in [-0.2, 0) is 41.6 Å². The van der Waals surface area contributed by atoms with Gasteiger partial charge in [0.2, 0.25) is 29.5 Å². The van der Waals surface area contributed by atoms with Crippen LogP contribution >= 0.6 is 0 Å². The minimum absolute atomic E-state index is 0.197. The van der Waals surface area contributed by atoms with Gasteiger partial charge >= 0.3 is 0 Å². The van der Waals surface area contributed by atoms with Gasteiger partial charge < -0.3 is 30.7 Å². The third-order valence-corrected chi connectivity index (χ3v) is 11.1. The summed E-state index contributed by atoms with van der Waals surface area (Å²) in [6.45, 7) is 6.09. The van der Waals surface area contributed by atoms with E-state index < -0.39 is 59.9 Å². The summed E-state index contributed by atoms with van der Waals surface area (Å²) in [5.41, 5.74) is 10.2. The summed E-state index contributed by atoms with van der Waals surface area (Å²) >= 11 is 0. The molecular formula is C40H58N8O6. The van der Waals surface area contributed by atoms with Crippen LogP contribution in [0.4, 0.5) is 0 Å². The van der Waals surface area contributed by atoms with Crippen molar-refractivity contribution in [3.63, 3.8) is 0 Å². The van der Waals surface area contributed by atoms with E-state index in [2.05, 4.69) is 10.7 Å². The molecule has 1 unspecified atom stereocenters. The summed E-state index contributed by atoms with van der Waals surface area (Å²) in [6.07, 6.45) is 3.98. The Morgan fingerprint density at radius 2 is 1.33 bits per heavy atom. The lowest BCUT2D eigenvalue weighted by molar-refractivity contribution is -0.155. The van der Waals surface area contributed by atoms with Gasteiger partial charge in [0.25, 0.3) is 5.91 Å². The van der Waals surface area contributed by atoms with Gasteiger partial charge in [-0.2, -0.15) is 0 Å². The van der Waals surface area contributed by atoms with Crippen LogP contribution in [0.15, 0.2) is 60.7 Å². The molecule has 2 aromatic rings. The molecule has 0 saturated carbocycles. The first-order chi connectivity index (χ1) is 25.8. The number of piperidine rings is 1. The van der Waals surface area contributed by atoms with Crippen LogP contribution in [0.2, 0.25) is 0 Å². The van der Waals surface area contributed by atoms with Crippen molar-refractivity contribution in [1.82, 2.24) is 30.3 Å². The zero-order chi connectivity index (χ0) is 39.5. The van der Waals surface area contributed by atoms with E-state index >= 15 is 0 Å². The number of hydrogen-bond donors (Lipinski definition) is 4. The van der Waals surface area contributed by atoms with Gasteiger partial charge in [0, 0.05) is 33.6 Å². The maximum absolute atomic E-state index is 14.3. The van der Waals surface area contributed by atoms with Crippen molar-refractivity contribution in [2.75, 3.05) is 27.2 Å². The molecule has 0 spiro atoms. The minimum Gasteiger partial charge on any atom is -0.343 e. The van der Waals surface area contributed by atoms with Crippen molar-refractivity contribution in [3.05, 3.63) is 71.8 Å². The highest BCUT2D eigenvalue weighted by atomic mass is 16.2. The molecule has 0 radical (unpaired) electrons. The lowest BCUT2D eigenvalue weighted by Gasteiger charge is -2.41. The number of likely N-dealkylation sites (N-methyl/N-ethyl adjacent to an activating group) is 2. The number of benzene rings is 2. The molecule has 2 heterocycles. The summed E-state index contributed by atoms with van der Waals surface area (Å²) in [4.78, 5) is 88.4. The van der Waals surface area contributed by atoms with E-state index in [0.717, 1.165) is 11.1 Å². The Kier molecular flexibility index (Phi) is 15.1. The Balaban J connectivity index is 1.51. The number of rotatable bonds is 15. The van der Waals surface area contributed by atoms with E-state index in [1.165, 1.54) is 28.8 Å². The van der Waals surface area contributed by atoms with Crippen LogP contribution in [0, 0.1) is 5.92 Å². The predicted molar refractivity (Wildman–Crippen MR) is 205 cm³/mol. The fraction of sp³-hybridized carbons (Fsp3) is 0.550. The van der Waals surface area contributed by atoms with Crippen molar-refractivity contribution >= 4 is 35.4 Å². The van der Waals surface area contributed by atoms with Crippen molar-refractivity contribution in [3.8, 4) is 0 Å². The standard InChI is InChI=1S/C40H58N8O6/c1-6-26(2)34(43-35(49)30(41)24-28-16-9-7-10-17-28)40(54)48-22-14-13-20-32(48)38(52)45(4)27(3)37(51)46(5)33(25-29-18-11-8-12-19-29)39(53)47-23-15-21-31(47)36(50)44-42/h7-12,16-19,26-27,30-34H,6,13-15,20-25,41-42H2,1-5H3,(H,43,49)(H,44,50)/t26?,27-,30+,31-,32+,33+,34-/m0/s1. The molecular weight excluding hydrogens is 688 g/mol. The van der Waals surface area contributed by atoms with E-state index in [-0.39, 0.29) is 24.2 Å². The van der Waals surface area contributed by atoms with Gasteiger partial charge in [-0.25, -0.2) is 5.84 Å². The van der Waals surface area contributed by atoms with Gasteiger partial charge in [-0.3, -0.25) is 34.2 Å². The van der Waals surface area contributed by atoms with Crippen LogP contribution in [0.3, 0.4) is 0 Å². The molecule has 6 N–H and O–H groups in total. The maximum Gasteiger partial charge on any atom is 0.256 e. The van der Waals surface area contributed by atoms with Gasteiger partial charge in [-0.15, -0.1) is 0 Å². The second kappa shape index (κ2) is 19.5. The number of hydrogen-bond acceptors (Lipinski definition) is 8. The van der Waals surface area contributed by atoms with Crippen LogP contribution in [0.1, 0.15) is 70.4 Å². The van der Waals surface area contributed by atoms with Gasteiger partial charge in [0.1, 0.15) is 30.2 Å². The summed E-state index contributed by atoms with van der Waals surface area (Å²) in [7, 11) is 3.07. The number of nitrogens with two attached hydrogens (primary N) is 2. The van der Waals surface area contributed by atoms with Crippen LogP contribution in [-0.4, -0.2) is 118 Å². The van der Waals surface area contributed by atoms with Gasteiger partial charge in [0.15, 0.2) is 0 Å². The molecule has 14 heteroatoms. The molecule has 6 amide bonds. The number of carbonyl (C=O) groups is 6. The van der Waals surface area contributed by atoms with Crippen LogP contribution in [0.25, 0.3) is 0 Å². The largest absolute Gasteiger partial charge is 0.343 e. The van der Waals surface area contributed by atoms with Crippen molar-refractivity contribution in [2.45, 2.75) is 108 Å². The number of amides is 6. The molecule has 2 saturated heterocycles. The summed E-state index contributed by atoms with van der Waals surface area (Å²) in [6, 6.07) is 13.4. The summed E-state index contributed by atoms with van der Waals surface area (Å²) < 4.78 is 0. The van der Waals surface area contributed by atoms with Gasteiger partial charge in [-0.1, -0.05) is 80.9 Å². The molecule has 14 nitrogen and oxygen atoms in total. The highest BCUT2D eigenvalue weighted by Crippen LogP contribution is 2.25. The van der Waals surface area contributed by atoms with E-state index in [1.807, 2.05) is 74.5 Å². The SMILES string of the molecule is CCC(C)[C@H](NC(=O)[C@H](N)Cc1ccccc1)C(=O)N1CCCC[C@@H]1C(=O)N(C)[C@@H](C)C(=O)N(C)[C@H](Cc1ccccc1)C(=O)N1CCC[C@H]1C(=O)NN. The highest BCUT2D eigenvalue weighted by Gasteiger charge is 2.43. The highest BCUT2D eigenvalue weighted by molar-refractivity contribution is 5.97. The maximum atomic E-state index is 14.3. The van der Waals surface area contributed by atoms with E-state index in [0.29, 0.717) is 58.0 Å². The molecule has 7 atom stereocenters. The predicted octanol–water partition coefficient (Wildman–Crippen LogP) is 1.37. The molecule has 2 aliphatic rings. The Bertz CT molecular complexity index is 1610. The summed E-state index contributed by atoms with van der Waals surface area (Å²) in [5, 5.41) is 2.90. The molecule has 2 aromatic carbocycles. The number of nitrogens with zero attached hydrogens (tertiary/aromatic N) is 4. The fourth-order valence-corrected chi connectivity index (χ4v) is 7.39.